The lowest BCUT2D eigenvalue weighted by atomic mass is 10.2. The van der Waals surface area contributed by atoms with E-state index in [-0.39, 0.29) is 17.0 Å². The van der Waals surface area contributed by atoms with Crippen LogP contribution in [0, 0.1) is 13.8 Å². The third-order valence-electron chi connectivity index (χ3n) is 2.59. The fourth-order valence-electron chi connectivity index (χ4n) is 1.61. The van der Waals surface area contributed by atoms with E-state index in [1.165, 1.54) is 4.68 Å². The van der Waals surface area contributed by atoms with Gasteiger partial charge in [-0.15, -0.1) is 10.2 Å². The molecule has 6 nitrogen and oxygen atoms in total. The van der Waals surface area contributed by atoms with Crippen molar-refractivity contribution in [3.8, 4) is 5.75 Å². The van der Waals surface area contributed by atoms with E-state index in [4.69, 9.17) is 0 Å². The van der Waals surface area contributed by atoms with Crippen LogP contribution in [-0.4, -0.2) is 14.9 Å². The highest BCUT2D eigenvalue weighted by molar-refractivity contribution is 5.52. The molecule has 2 aromatic rings. The van der Waals surface area contributed by atoms with Gasteiger partial charge in [0.2, 0.25) is 0 Å². The zero-order valence-corrected chi connectivity index (χ0v) is 10.4. The maximum Gasteiger partial charge on any atom is 0.294 e. The Morgan fingerprint density at radius 3 is 2.61 bits per heavy atom. The molecule has 0 amide bonds. The van der Waals surface area contributed by atoms with Crippen LogP contribution in [0.4, 0.5) is 11.4 Å². The van der Waals surface area contributed by atoms with Crippen molar-refractivity contribution in [2.75, 3.05) is 0 Å². The summed E-state index contributed by atoms with van der Waals surface area (Å²) in [7, 11) is 1.61. The van der Waals surface area contributed by atoms with Crippen LogP contribution in [-0.2, 0) is 7.05 Å². The summed E-state index contributed by atoms with van der Waals surface area (Å²) in [4.78, 5) is 11.7. The van der Waals surface area contributed by atoms with E-state index in [9.17, 15) is 9.90 Å². The molecule has 94 valence electrons. The van der Waals surface area contributed by atoms with Crippen molar-refractivity contribution in [1.82, 2.24) is 9.78 Å². The van der Waals surface area contributed by atoms with E-state index < -0.39 is 0 Å². The Morgan fingerprint density at radius 1 is 1.28 bits per heavy atom. The van der Waals surface area contributed by atoms with Gasteiger partial charge in [0.05, 0.1) is 5.69 Å². The maximum atomic E-state index is 11.7. The van der Waals surface area contributed by atoms with E-state index in [1.54, 1.807) is 32.2 Å². The Balaban J connectivity index is 2.42. The van der Waals surface area contributed by atoms with Crippen molar-refractivity contribution in [2.24, 2.45) is 17.3 Å². The number of H-pyrrole nitrogens is 1. The molecule has 1 heterocycles. The third-order valence-corrected chi connectivity index (χ3v) is 2.59. The summed E-state index contributed by atoms with van der Waals surface area (Å²) in [6.07, 6.45) is 0. The van der Waals surface area contributed by atoms with Crippen molar-refractivity contribution >= 4 is 11.4 Å². The Hall–Kier alpha value is -2.37. The van der Waals surface area contributed by atoms with Crippen LogP contribution in [0.2, 0.25) is 0 Å². The monoisotopic (exact) mass is 246 g/mol. The van der Waals surface area contributed by atoms with Gasteiger partial charge >= 0.3 is 0 Å². The average Bonchev–Trinajstić information content (AvgIpc) is 2.55. The van der Waals surface area contributed by atoms with Gasteiger partial charge in [0.15, 0.2) is 5.69 Å². The lowest BCUT2D eigenvalue weighted by Gasteiger charge is -1.98. The molecule has 18 heavy (non-hydrogen) atoms. The topological polar surface area (TPSA) is 82.7 Å². The minimum absolute atomic E-state index is 0.0364. The first-order valence-electron chi connectivity index (χ1n) is 5.46. The van der Waals surface area contributed by atoms with Crippen molar-refractivity contribution in [1.29, 1.82) is 0 Å². The number of nitrogens with one attached hydrogen (secondary N) is 1. The summed E-state index contributed by atoms with van der Waals surface area (Å²) < 4.78 is 1.33. The van der Waals surface area contributed by atoms with E-state index >= 15 is 0 Å². The van der Waals surface area contributed by atoms with E-state index in [0.29, 0.717) is 11.4 Å². The second kappa shape index (κ2) is 4.48. The molecule has 0 unspecified atom stereocenters. The van der Waals surface area contributed by atoms with E-state index in [0.717, 1.165) is 5.56 Å². The molecule has 0 atom stereocenters. The molecule has 0 spiro atoms. The van der Waals surface area contributed by atoms with Gasteiger partial charge in [-0.05, 0) is 31.5 Å². The van der Waals surface area contributed by atoms with Crippen LogP contribution in [0.15, 0.2) is 33.2 Å². The first-order chi connectivity index (χ1) is 8.49. The smallest absolute Gasteiger partial charge is 0.294 e. The molecule has 0 aliphatic heterocycles. The van der Waals surface area contributed by atoms with Crippen LogP contribution in [0.5, 0.6) is 5.75 Å². The maximum absolute atomic E-state index is 11.7. The number of phenols is 1. The van der Waals surface area contributed by atoms with Crippen molar-refractivity contribution in [3.63, 3.8) is 0 Å². The molecule has 2 rings (SSSR count). The zero-order chi connectivity index (χ0) is 13.3. The molecule has 0 aliphatic rings. The Labute approximate surface area is 104 Å². The third kappa shape index (κ3) is 2.17. The number of hydrogen-bond acceptors (Lipinski definition) is 4. The van der Waals surface area contributed by atoms with Crippen molar-refractivity contribution in [2.45, 2.75) is 13.8 Å². The molecule has 0 fully saturated rings. The number of aryl methyl sites for hydroxylation is 3. The van der Waals surface area contributed by atoms with Gasteiger partial charge in [0.1, 0.15) is 11.4 Å². The van der Waals surface area contributed by atoms with Crippen LogP contribution in [0.1, 0.15) is 11.3 Å². The minimum atomic E-state index is -0.247. The molecular weight excluding hydrogens is 232 g/mol. The molecule has 0 radical (unpaired) electrons. The highest BCUT2D eigenvalue weighted by atomic mass is 16.3. The second-order valence-electron chi connectivity index (χ2n) is 4.14. The predicted molar refractivity (Wildman–Crippen MR) is 67.8 cm³/mol. The van der Waals surface area contributed by atoms with Gasteiger partial charge < -0.3 is 5.11 Å². The lowest BCUT2D eigenvalue weighted by molar-refractivity contribution is 0.476. The summed E-state index contributed by atoms with van der Waals surface area (Å²) in [5, 5.41) is 20.3. The first-order valence-corrected chi connectivity index (χ1v) is 5.46. The lowest BCUT2D eigenvalue weighted by Crippen LogP contribution is -2.10. The number of aromatic hydroxyl groups is 1. The fourth-order valence-corrected chi connectivity index (χ4v) is 1.61. The number of hydrogen-bond donors (Lipinski definition) is 2. The largest absolute Gasteiger partial charge is 0.506 e. The Kier molecular flexibility index (Phi) is 3.01. The van der Waals surface area contributed by atoms with Gasteiger partial charge in [0, 0.05) is 7.05 Å². The molecule has 1 aromatic heterocycles. The quantitative estimate of drug-likeness (QED) is 0.798. The second-order valence-corrected chi connectivity index (χ2v) is 4.14. The summed E-state index contributed by atoms with van der Waals surface area (Å²) >= 11 is 0. The minimum Gasteiger partial charge on any atom is -0.506 e. The van der Waals surface area contributed by atoms with Gasteiger partial charge in [-0.3, -0.25) is 14.6 Å². The average molecular weight is 246 g/mol. The molecule has 1 aromatic carbocycles. The predicted octanol–water partition coefficient (Wildman–Crippen LogP) is 2.45. The van der Waals surface area contributed by atoms with Crippen LogP contribution in [0.3, 0.4) is 0 Å². The molecule has 6 heteroatoms. The Bertz CT molecular complexity index is 667. The van der Waals surface area contributed by atoms with Crippen LogP contribution in [0.25, 0.3) is 0 Å². The first kappa shape index (κ1) is 12.1. The molecular formula is C12H14N4O2. The van der Waals surface area contributed by atoms with Crippen molar-refractivity contribution < 1.29 is 5.11 Å². The summed E-state index contributed by atoms with van der Waals surface area (Å²) in [6, 6.07) is 5.02. The molecule has 0 saturated heterocycles. The van der Waals surface area contributed by atoms with Crippen molar-refractivity contribution in [3.05, 3.63) is 39.8 Å². The highest BCUT2D eigenvalue weighted by Gasteiger charge is 2.08. The van der Waals surface area contributed by atoms with Gasteiger partial charge in [-0.1, -0.05) is 6.07 Å². The number of rotatable bonds is 2. The molecule has 0 bridgehead atoms. The number of azo groups is 1. The standard InChI is InChI=1S/C12H14N4O2/c1-7-4-5-10(17)9(6-7)13-14-11-8(2)15-16(3)12(11)18/h4-6,15,17H,1-3H3. The van der Waals surface area contributed by atoms with Crippen LogP contribution < -0.4 is 5.56 Å². The number of nitrogens with zero attached hydrogens (tertiary/aromatic N) is 3. The van der Waals surface area contributed by atoms with E-state index in [2.05, 4.69) is 15.3 Å². The molecule has 0 aliphatic carbocycles. The highest BCUT2D eigenvalue weighted by Crippen LogP contribution is 2.28. The number of benzene rings is 1. The summed E-state index contributed by atoms with van der Waals surface area (Å²) in [5.41, 5.74) is 1.94. The zero-order valence-electron chi connectivity index (χ0n) is 10.4. The summed E-state index contributed by atoms with van der Waals surface area (Å²) in [5.74, 6) is 0.0364. The van der Waals surface area contributed by atoms with Gasteiger partial charge in [-0.25, -0.2) is 0 Å². The summed E-state index contributed by atoms with van der Waals surface area (Å²) in [6.45, 7) is 3.63. The SMILES string of the molecule is Cc1ccc(O)c(N=Nc2c(C)[nH]n(C)c2=O)c1. The normalized spacial score (nSPS) is 11.3. The Morgan fingerprint density at radius 2 is 2.00 bits per heavy atom. The number of phenolic OH excluding ortho intramolecular Hbond substituents is 1. The van der Waals surface area contributed by atoms with E-state index in [1.807, 2.05) is 6.92 Å². The molecule has 2 N–H and O–H groups in total. The number of aromatic amines is 1. The van der Waals surface area contributed by atoms with Gasteiger partial charge in [0.25, 0.3) is 5.56 Å². The fraction of sp³-hybridized carbons (Fsp3) is 0.250. The van der Waals surface area contributed by atoms with Crippen LogP contribution >= 0.6 is 0 Å². The molecule has 0 saturated carbocycles. The van der Waals surface area contributed by atoms with Gasteiger partial charge in [-0.2, -0.15) is 0 Å². The number of aromatic nitrogens is 2.